The first-order valence-electron chi connectivity index (χ1n) is 18.8. The molecule has 262 valence electrons. The van der Waals surface area contributed by atoms with E-state index in [0.29, 0.717) is 0 Å². The number of rotatable bonds is 6. The van der Waals surface area contributed by atoms with Gasteiger partial charge in [-0.2, -0.15) is 0 Å². The molecule has 1 N–H and O–H groups in total. The second-order valence-corrected chi connectivity index (χ2v) is 14.0. The third kappa shape index (κ3) is 5.06. The Balaban J connectivity index is 1.37. The Morgan fingerprint density at radius 3 is 1.66 bits per heavy atom. The SMILES string of the molecule is c1ccc(-c2ccc(-c3ccccc3)c(-c3cccc4c3[nH]c3ccccc34)c2-c2c(-c3ccccc3)nnnc2-c2cccc3oc4ccccc4c23)cc1. The van der Waals surface area contributed by atoms with Crippen molar-refractivity contribution in [2.75, 3.05) is 0 Å². The van der Waals surface area contributed by atoms with Crippen molar-refractivity contribution >= 4 is 43.7 Å². The monoisotopic (exact) mass is 716 g/mol. The number of H-pyrrole nitrogens is 1. The Labute approximate surface area is 322 Å². The second-order valence-electron chi connectivity index (χ2n) is 14.0. The van der Waals surface area contributed by atoms with Gasteiger partial charge in [0.05, 0.1) is 5.52 Å². The van der Waals surface area contributed by atoms with Crippen molar-refractivity contribution in [1.29, 1.82) is 0 Å². The summed E-state index contributed by atoms with van der Waals surface area (Å²) in [4.78, 5) is 3.84. The number of hydrogen-bond donors (Lipinski definition) is 1. The number of benzene rings is 8. The van der Waals surface area contributed by atoms with Crippen LogP contribution in [-0.4, -0.2) is 20.4 Å². The van der Waals surface area contributed by atoms with Gasteiger partial charge in [0.2, 0.25) is 0 Å². The highest BCUT2D eigenvalue weighted by Crippen LogP contribution is 2.52. The largest absolute Gasteiger partial charge is 0.456 e. The van der Waals surface area contributed by atoms with Gasteiger partial charge in [-0.3, -0.25) is 0 Å². The Kier molecular flexibility index (Phi) is 7.42. The predicted octanol–water partition coefficient (Wildman–Crippen LogP) is 13.4. The Morgan fingerprint density at radius 2 is 0.911 bits per heavy atom. The molecule has 3 heterocycles. The van der Waals surface area contributed by atoms with Crippen LogP contribution in [0.1, 0.15) is 0 Å². The molecule has 11 rings (SSSR count). The third-order valence-electron chi connectivity index (χ3n) is 10.9. The molecular weight excluding hydrogens is 685 g/mol. The standard InChI is InChI=1S/C51H32N4O/c1-4-16-32(17-5-1)35-30-31-36(33-18-6-2-7-19-33)47(46(35)41-25-14-24-38-37-22-10-12-27-42(37)52-50(38)41)48-49(34-20-8-3-9-21-34)53-55-54-51(48)40-26-15-29-44-45(40)39-23-11-13-28-43(39)56-44/h1-31,52H. The Bertz CT molecular complexity index is 3240. The Hall–Kier alpha value is -7.63. The van der Waals surface area contributed by atoms with Gasteiger partial charge in [0.15, 0.2) is 0 Å². The van der Waals surface area contributed by atoms with Gasteiger partial charge < -0.3 is 9.40 Å². The minimum Gasteiger partial charge on any atom is -0.456 e. The maximum atomic E-state index is 6.45. The number of aromatic nitrogens is 4. The lowest BCUT2D eigenvalue weighted by Crippen LogP contribution is -2.04. The average Bonchev–Trinajstić information content (AvgIpc) is 3.85. The highest BCUT2D eigenvalue weighted by Gasteiger charge is 2.29. The number of para-hydroxylation sites is 3. The van der Waals surface area contributed by atoms with Crippen molar-refractivity contribution in [2.45, 2.75) is 0 Å². The zero-order valence-electron chi connectivity index (χ0n) is 30.1. The summed E-state index contributed by atoms with van der Waals surface area (Å²) in [5, 5.41) is 18.8. The summed E-state index contributed by atoms with van der Waals surface area (Å²) in [6, 6.07) is 65.7. The van der Waals surface area contributed by atoms with Crippen molar-refractivity contribution in [3.8, 4) is 67.0 Å². The molecule has 0 aliphatic carbocycles. The molecule has 3 aromatic heterocycles. The van der Waals surface area contributed by atoms with E-state index < -0.39 is 0 Å². The number of nitrogens with zero attached hydrogens (tertiary/aromatic N) is 3. The van der Waals surface area contributed by atoms with Crippen LogP contribution < -0.4 is 0 Å². The van der Waals surface area contributed by atoms with E-state index in [0.717, 1.165) is 105 Å². The van der Waals surface area contributed by atoms with E-state index in [1.165, 1.54) is 5.39 Å². The topological polar surface area (TPSA) is 67.6 Å². The van der Waals surface area contributed by atoms with Gasteiger partial charge in [-0.1, -0.05) is 170 Å². The lowest BCUT2D eigenvalue weighted by atomic mass is 9.80. The molecule has 0 aliphatic heterocycles. The molecule has 0 saturated heterocycles. The summed E-state index contributed by atoms with van der Waals surface area (Å²) in [5.41, 5.74) is 15.5. The van der Waals surface area contributed by atoms with Crippen molar-refractivity contribution in [1.82, 2.24) is 20.4 Å². The second kappa shape index (κ2) is 13.0. The van der Waals surface area contributed by atoms with E-state index in [1.807, 2.05) is 30.3 Å². The summed E-state index contributed by atoms with van der Waals surface area (Å²) < 4.78 is 6.45. The lowest BCUT2D eigenvalue weighted by Gasteiger charge is -2.24. The highest BCUT2D eigenvalue weighted by atomic mass is 16.3. The van der Waals surface area contributed by atoms with Crippen molar-refractivity contribution in [3.63, 3.8) is 0 Å². The summed E-state index contributed by atoms with van der Waals surface area (Å²) >= 11 is 0. The molecule has 0 spiro atoms. The van der Waals surface area contributed by atoms with Crippen LogP contribution >= 0.6 is 0 Å². The average molecular weight is 717 g/mol. The van der Waals surface area contributed by atoms with Gasteiger partial charge in [-0.05, 0) is 45.7 Å². The molecule has 11 aromatic rings. The van der Waals surface area contributed by atoms with Crippen LogP contribution in [0.4, 0.5) is 0 Å². The van der Waals surface area contributed by atoms with E-state index in [2.05, 4.69) is 168 Å². The smallest absolute Gasteiger partial charge is 0.136 e. The van der Waals surface area contributed by atoms with Crippen LogP contribution in [0.3, 0.4) is 0 Å². The fourth-order valence-corrected chi connectivity index (χ4v) is 8.46. The molecule has 0 unspecified atom stereocenters. The van der Waals surface area contributed by atoms with Crippen molar-refractivity contribution in [2.24, 2.45) is 0 Å². The number of hydrogen-bond acceptors (Lipinski definition) is 4. The molecule has 8 aromatic carbocycles. The van der Waals surface area contributed by atoms with Crippen molar-refractivity contribution < 1.29 is 4.42 Å². The first-order valence-corrected chi connectivity index (χ1v) is 18.8. The molecular formula is C51H32N4O. The fourth-order valence-electron chi connectivity index (χ4n) is 8.46. The van der Waals surface area contributed by atoms with Crippen LogP contribution in [0.2, 0.25) is 0 Å². The molecule has 0 bridgehead atoms. The molecule has 5 heteroatoms. The van der Waals surface area contributed by atoms with Crippen LogP contribution in [0.25, 0.3) is 111 Å². The molecule has 5 nitrogen and oxygen atoms in total. The highest BCUT2D eigenvalue weighted by molar-refractivity contribution is 6.18. The van der Waals surface area contributed by atoms with E-state index >= 15 is 0 Å². The number of furan rings is 1. The third-order valence-corrected chi connectivity index (χ3v) is 10.9. The molecule has 0 saturated carbocycles. The number of aromatic amines is 1. The maximum absolute atomic E-state index is 6.45. The molecule has 0 aliphatic rings. The van der Waals surface area contributed by atoms with Crippen LogP contribution in [-0.2, 0) is 0 Å². The van der Waals surface area contributed by atoms with Crippen LogP contribution in [0.5, 0.6) is 0 Å². The van der Waals surface area contributed by atoms with E-state index in [-0.39, 0.29) is 0 Å². The normalized spacial score (nSPS) is 11.6. The molecule has 0 atom stereocenters. The summed E-state index contributed by atoms with van der Waals surface area (Å²) in [6.45, 7) is 0. The van der Waals surface area contributed by atoms with Gasteiger partial charge in [-0.25, -0.2) is 0 Å². The zero-order valence-corrected chi connectivity index (χ0v) is 30.1. The Morgan fingerprint density at radius 1 is 0.357 bits per heavy atom. The maximum Gasteiger partial charge on any atom is 0.136 e. The minimum atomic E-state index is 0.725. The van der Waals surface area contributed by atoms with Gasteiger partial charge in [0, 0.05) is 60.4 Å². The van der Waals surface area contributed by atoms with Crippen molar-refractivity contribution in [3.05, 3.63) is 188 Å². The number of nitrogens with one attached hydrogen (secondary N) is 1. The minimum absolute atomic E-state index is 0.725. The predicted molar refractivity (Wildman–Crippen MR) is 229 cm³/mol. The van der Waals surface area contributed by atoms with Gasteiger partial charge >= 0.3 is 0 Å². The quantitative estimate of drug-likeness (QED) is 0.186. The summed E-state index contributed by atoms with van der Waals surface area (Å²) in [7, 11) is 0. The zero-order chi connectivity index (χ0) is 37.0. The van der Waals surface area contributed by atoms with Gasteiger partial charge in [0.1, 0.15) is 22.6 Å². The molecule has 56 heavy (non-hydrogen) atoms. The van der Waals surface area contributed by atoms with Crippen LogP contribution in [0.15, 0.2) is 192 Å². The summed E-state index contributed by atoms with van der Waals surface area (Å²) in [5.74, 6) is 0. The first kappa shape index (κ1) is 31.9. The molecule has 0 amide bonds. The lowest BCUT2D eigenvalue weighted by molar-refractivity contribution is 0.669. The van der Waals surface area contributed by atoms with E-state index in [1.54, 1.807) is 0 Å². The fraction of sp³-hybridized carbons (Fsp3) is 0. The molecule has 0 fully saturated rings. The van der Waals surface area contributed by atoms with Crippen LogP contribution in [0, 0.1) is 0 Å². The first-order chi connectivity index (χ1) is 27.8. The van der Waals surface area contributed by atoms with E-state index in [4.69, 9.17) is 14.6 Å². The molecule has 0 radical (unpaired) electrons. The number of fused-ring (bicyclic) bond motifs is 6. The van der Waals surface area contributed by atoms with Gasteiger partial charge in [0.25, 0.3) is 0 Å². The van der Waals surface area contributed by atoms with Gasteiger partial charge in [-0.15, -0.1) is 10.2 Å². The van der Waals surface area contributed by atoms with E-state index in [9.17, 15) is 0 Å². The summed E-state index contributed by atoms with van der Waals surface area (Å²) in [6.07, 6.45) is 0.